The van der Waals surface area contributed by atoms with Crippen molar-refractivity contribution in [1.82, 2.24) is 14.4 Å². The molecule has 0 amide bonds. The number of nitrogens with zero attached hydrogens (tertiary/aromatic N) is 3. The summed E-state index contributed by atoms with van der Waals surface area (Å²) in [5.41, 5.74) is 1.57. The summed E-state index contributed by atoms with van der Waals surface area (Å²) in [5, 5.41) is 12.3. The van der Waals surface area contributed by atoms with Crippen LogP contribution in [0.4, 0.5) is 5.95 Å². The lowest BCUT2D eigenvalue weighted by atomic mass is 10.2. The fourth-order valence-electron chi connectivity index (χ4n) is 2.35. The number of fused-ring (bicyclic) bond motifs is 1. The fourth-order valence-corrected chi connectivity index (χ4v) is 2.35. The zero-order chi connectivity index (χ0) is 17.1. The van der Waals surface area contributed by atoms with Crippen LogP contribution in [0.1, 0.15) is 15.9 Å². The van der Waals surface area contributed by atoms with E-state index < -0.39 is 5.97 Å². The molecule has 0 radical (unpaired) electrons. The molecule has 0 saturated heterocycles. The molecular formula is C16H16N4O4. The standard InChI is InChI=1S/C16H16N4O4/c1-23-12-4-3-10(13(6-12)24-2)7-17-16-19-9-18-14-5-11(15(21)22)8-20(14)16/h3-6,8-9H,7H2,1-2H3,(H,21,22)(H,17,18,19). The Morgan fingerprint density at radius 1 is 1.25 bits per heavy atom. The smallest absolute Gasteiger partial charge is 0.337 e. The molecule has 0 aliphatic heterocycles. The molecule has 8 heteroatoms. The number of carboxylic acids is 1. The number of nitrogens with one attached hydrogen (secondary N) is 1. The summed E-state index contributed by atoms with van der Waals surface area (Å²) in [7, 11) is 3.18. The molecule has 0 spiro atoms. The second-order valence-corrected chi connectivity index (χ2v) is 4.99. The van der Waals surface area contributed by atoms with E-state index >= 15 is 0 Å². The van der Waals surface area contributed by atoms with Gasteiger partial charge in [-0.15, -0.1) is 0 Å². The van der Waals surface area contributed by atoms with E-state index in [4.69, 9.17) is 14.6 Å². The molecular weight excluding hydrogens is 312 g/mol. The lowest BCUT2D eigenvalue weighted by Crippen LogP contribution is -2.07. The number of ether oxygens (including phenoxy) is 2. The Labute approximate surface area is 137 Å². The highest BCUT2D eigenvalue weighted by atomic mass is 16.5. The topological polar surface area (TPSA) is 98.0 Å². The number of benzene rings is 1. The van der Waals surface area contributed by atoms with Gasteiger partial charge in [0.05, 0.1) is 19.8 Å². The van der Waals surface area contributed by atoms with Gasteiger partial charge in [-0.1, -0.05) is 0 Å². The number of rotatable bonds is 6. The van der Waals surface area contributed by atoms with Gasteiger partial charge in [-0.25, -0.2) is 14.8 Å². The van der Waals surface area contributed by atoms with Crippen LogP contribution in [0.3, 0.4) is 0 Å². The van der Waals surface area contributed by atoms with Gasteiger partial charge in [0.2, 0.25) is 5.95 Å². The average Bonchev–Trinajstić information content (AvgIpc) is 3.05. The van der Waals surface area contributed by atoms with Crippen LogP contribution in [0.5, 0.6) is 11.5 Å². The summed E-state index contributed by atoms with van der Waals surface area (Å²) in [6.45, 7) is 0.444. The van der Waals surface area contributed by atoms with Crippen molar-refractivity contribution >= 4 is 17.6 Å². The lowest BCUT2D eigenvalue weighted by Gasteiger charge is -2.12. The molecule has 3 rings (SSSR count). The van der Waals surface area contributed by atoms with Crippen molar-refractivity contribution in [3.05, 3.63) is 47.9 Å². The molecule has 0 aliphatic carbocycles. The number of aromatic carboxylic acids is 1. The molecule has 2 heterocycles. The van der Waals surface area contributed by atoms with Crippen LogP contribution in [-0.2, 0) is 6.54 Å². The van der Waals surface area contributed by atoms with E-state index in [1.54, 1.807) is 24.7 Å². The van der Waals surface area contributed by atoms with E-state index in [0.717, 1.165) is 5.56 Å². The Kier molecular flexibility index (Phi) is 4.19. The molecule has 0 fully saturated rings. The number of aromatic nitrogens is 3. The summed E-state index contributed by atoms with van der Waals surface area (Å²) in [6, 6.07) is 7.02. The molecule has 24 heavy (non-hydrogen) atoms. The maximum Gasteiger partial charge on any atom is 0.337 e. The van der Waals surface area contributed by atoms with Crippen LogP contribution in [0, 0.1) is 0 Å². The van der Waals surface area contributed by atoms with Gasteiger partial charge in [0.25, 0.3) is 0 Å². The summed E-state index contributed by atoms with van der Waals surface area (Å²) >= 11 is 0. The van der Waals surface area contributed by atoms with Crippen LogP contribution in [0.25, 0.3) is 5.65 Å². The lowest BCUT2D eigenvalue weighted by molar-refractivity contribution is 0.0697. The maximum absolute atomic E-state index is 11.1. The summed E-state index contributed by atoms with van der Waals surface area (Å²) in [6.07, 6.45) is 2.86. The second kappa shape index (κ2) is 6.45. The largest absolute Gasteiger partial charge is 0.497 e. The van der Waals surface area contributed by atoms with Gasteiger partial charge in [0, 0.05) is 24.4 Å². The van der Waals surface area contributed by atoms with E-state index in [2.05, 4.69) is 15.3 Å². The quantitative estimate of drug-likeness (QED) is 0.714. The number of carbonyl (C=O) groups is 1. The normalized spacial score (nSPS) is 10.6. The van der Waals surface area contributed by atoms with Gasteiger partial charge < -0.3 is 19.9 Å². The minimum absolute atomic E-state index is 0.153. The highest BCUT2D eigenvalue weighted by Crippen LogP contribution is 2.25. The van der Waals surface area contributed by atoms with Gasteiger partial charge in [0.15, 0.2) is 0 Å². The molecule has 0 aliphatic rings. The first kappa shape index (κ1) is 15.6. The third-order valence-electron chi connectivity index (χ3n) is 3.58. The van der Waals surface area contributed by atoms with Gasteiger partial charge in [0.1, 0.15) is 23.5 Å². The highest BCUT2D eigenvalue weighted by Gasteiger charge is 2.11. The molecule has 0 atom stereocenters. The SMILES string of the molecule is COc1ccc(CNc2ncnc3cc(C(=O)O)cn23)c(OC)c1. The van der Waals surface area contributed by atoms with Crippen molar-refractivity contribution in [2.24, 2.45) is 0 Å². The van der Waals surface area contributed by atoms with Crippen LogP contribution < -0.4 is 14.8 Å². The maximum atomic E-state index is 11.1. The minimum atomic E-state index is -1.01. The monoisotopic (exact) mass is 328 g/mol. The van der Waals surface area contributed by atoms with Crippen molar-refractivity contribution in [1.29, 1.82) is 0 Å². The van der Waals surface area contributed by atoms with Crippen LogP contribution >= 0.6 is 0 Å². The number of carboxylic acid groups (broad SMARTS) is 1. The van der Waals surface area contributed by atoms with Crippen molar-refractivity contribution in [3.63, 3.8) is 0 Å². The first-order chi connectivity index (χ1) is 11.6. The van der Waals surface area contributed by atoms with Gasteiger partial charge in [-0.05, 0) is 18.2 Å². The number of methoxy groups -OCH3 is 2. The van der Waals surface area contributed by atoms with E-state index in [-0.39, 0.29) is 5.56 Å². The fraction of sp³-hybridized carbons (Fsp3) is 0.188. The third kappa shape index (κ3) is 2.94. The molecule has 0 bridgehead atoms. The average molecular weight is 328 g/mol. The minimum Gasteiger partial charge on any atom is -0.497 e. The van der Waals surface area contributed by atoms with Crippen LogP contribution in [-0.4, -0.2) is 39.7 Å². The predicted molar refractivity (Wildman–Crippen MR) is 86.8 cm³/mol. The summed E-state index contributed by atoms with van der Waals surface area (Å²) in [4.78, 5) is 19.3. The molecule has 2 aromatic heterocycles. The molecule has 0 unspecified atom stereocenters. The summed E-state index contributed by atoms with van der Waals surface area (Å²) < 4.78 is 12.1. The predicted octanol–water partition coefficient (Wildman–Crippen LogP) is 2.06. The Hall–Kier alpha value is -3.29. The zero-order valence-corrected chi connectivity index (χ0v) is 13.2. The van der Waals surface area contributed by atoms with E-state index in [1.807, 2.05) is 12.1 Å². The van der Waals surface area contributed by atoms with Crippen molar-refractivity contribution < 1.29 is 19.4 Å². The zero-order valence-electron chi connectivity index (χ0n) is 13.2. The first-order valence-corrected chi connectivity index (χ1v) is 7.13. The van der Waals surface area contributed by atoms with Crippen molar-refractivity contribution in [2.45, 2.75) is 6.54 Å². The van der Waals surface area contributed by atoms with Crippen LogP contribution in [0.15, 0.2) is 36.8 Å². The van der Waals surface area contributed by atoms with Crippen LogP contribution in [0.2, 0.25) is 0 Å². The molecule has 124 valence electrons. The van der Waals surface area contributed by atoms with E-state index in [0.29, 0.717) is 29.6 Å². The Morgan fingerprint density at radius 3 is 2.79 bits per heavy atom. The third-order valence-corrected chi connectivity index (χ3v) is 3.58. The highest BCUT2D eigenvalue weighted by molar-refractivity contribution is 5.89. The molecule has 2 N–H and O–H groups in total. The Morgan fingerprint density at radius 2 is 2.08 bits per heavy atom. The van der Waals surface area contributed by atoms with E-state index in [1.165, 1.54) is 18.6 Å². The Balaban J connectivity index is 1.87. The molecule has 0 saturated carbocycles. The molecule has 3 aromatic rings. The van der Waals surface area contributed by atoms with Crippen molar-refractivity contribution in [3.8, 4) is 11.5 Å². The van der Waals surface area contributed by atoms with E-state index in [9.17, 15) is 4.79 Å². The number of anilines is 1. The molecule has 8 nitrogen and oxygen atoms in total. The first-order valence-electron chi connectivity index (χ1n) is 7.13. The molecule has 1 aromatic carbocycles. The van der Waals surface area contributed by atoms with Gasteiger partial charge in [-0.3, -0.25) is 4.40 Å². The Bertz CT molecular complexity index is 891. The van der Waals surface area contributed by atoms with Gasteiger partial charge in [-0.2, -0.15) is 0 Å². The summed E-state index contributed by atoms with van der Waals surface area (Å²) in [5.74, 6) is 0.871. The number of hydrogen-bond donors (Lipinski definition) is 2. The second-order valence-electron chi connectivity index (χ2n) is 4.99. The number of hydrogen-bond acceptors (Lipinski definition) is 6. The van der Waals surface area contributed by atoms with Crippen molar-refractivity contribution in [2.75, 3.05) is 19.5 Å². The van der Waals surface area contributed by atoms with Gasteiger partial charge >= 0.3 is 5.97 Å².